The van der Waals surface area contributed by atoms with Gasteiger partial charge in [-0.2, -0.15) is 4.98 Å². The Morgan fingerprint density at radius 1 is 1.33 bits per heavy atom. The molecule has 2 rings (SSSR count). The summed E-state index contributed by atoms with van der Waals surface area (Å²) in [7, 11) is 0. The standard InChI is InChI=1S/C15H27N3O3/c1-3-20-15(7-10-19-11-8-15)14-17-13(21-18-14)5-4-12(2)6-9-16/h12H,3-11,16H2,1-2H3. The number of ether oxygens (including phenoxy) is 2. The summed E-state index contributed by atoms with van der Waals surface area (Å²) in [5.74, 6) is 1.95. The monoisotopic (exact) mass is 297 g/mol. The van der Waals surface area contributed by atoms with Crippen molar-refractivity contribution < 1.29 is 14.0 Å². The van der Waals surface area contributed by atoms with Crippen LogP contribution in [0.15, 0.2) is 4.52 Å². The highest BCUT2D eigenvalue weighted by molar-refractivity contribution is 5.03. The van der Waals surface area contributed by atoms with Crippen LogP contribution in [-0.2, 0) is 21.5 Å². The number of aromatic nitrogens is 2. The molecule has 0 saturated carbocycles. The van der Waals surface area contributed by atoms with Crippen LogP contribution in [0.25, 0.3) is 0 Å². The molecule has 1 atom stereocenters. The predicted molar refractivity (Wildman–Crippen MR) is 78.8 cm³/mol. The van der Waals surface area contributed by atoms with Crippen LogP contribution < -0.4 is 5.73 Å². The van der Waals surface area contributed by atoms with Gasteiger partial charge < -0.3 is 19.7 Å². The Labute approximate surface area is 126 Å². The maximum absolute atomic E-state index is 5.95. The van der Waals surface area contributed by atoms with Gasteiger partial charge in [-0.05, 0) is 32.2 Å². The zero-order chi connectivity index (χ0) is 15.1. The van der Waals surface area contributed by atoms with Gasteiger partial charge in [0.25, 0.3) is 0 Å². The van der Waals surface area contributed by atoms with E-state index in [2.05, 4.69) is 17.1 Å². The van der Waals surface area contributed by atoms with Gasteiger partial charge in [0.15, 0.2) is 0 Å². The lowest BCUT2D eigenvalue weighted by molar-refractivity contribution is -0.118. The molecule has 1 saturated heterocycles. The molecular weight excluding hydrogens is 270 g/mol. The van der Waals surface area contributed by atoms with E-state index in [4.69, 9.17) is 19.7 Å². The number of nitrogens with zero attached hydrogens (tertiary/aromatic N) is 2. The Hall–Kier alpha value is -0.980. The normalized spacial score (nSPS) is 19.6. The summed E-state index contributed by atoms with van der Waals surface area (Å²) in [4.78, 5) is 4.57. The Morgan fingerprint density at radius 3 is 2.76 bits per heavy atom. The zero-order valence-corrected chi connectivity index (χ0v) is 13.1. The fourth-order valence-electron chi connectivity index (χ4n) is 2.75. The van der Waals surface area contributed by atoms with Crippen LogP contribution in [0, 0.1) is 5.92 Å². The van der Waals surface area contributed by atoms with Crippen molar-refractivity contribution >= 4 is 0 Å². The molecule has 1 aromatic heterocycles. The average Bonchev–Trinajstić information content (AvgIpc) is 2.96. The summed E-state index contributed by atoms with van der Waals surface area (Å²) in [5, 5.41) is 4.16. The molecule has 1 aliphatic rings. The zero-order valence-electron chi connectivity index (χ0n) is 13.1. The van der Waals surface area contributed by atoms with E-state index in [0.29, 0.717) is 37.5 Å². The van der Waals surface area contributed by atoms with Crippen molar-refractivity contribution in [1.82, 2.24) is 10.1 Å². The molecule has 0 bridgehead atoms. The van der Waals surface area contributed by atoms with Crippen LogP contribution in [0.2, 0.25) is 0 Å². The van der Waals surface area contributed by atoms with E-state index >= 15 is 0 Å². The van der Waals surface area contributed by atoms with E-state index in [1.54, 1.807) is 0 Å². The van der Waals surface area contributed by atoms with Gasteiger partial charge in [0, 0.05) is 39.1 Å². The number of aryl methyl sites for hydroxylation is 1. The molecule has 1 aliphatic heterocycles. The van der Waals surface area contributed by atoms with Gasteiger partial charge in [0.05, 0.1) is 0 Å². The number of nitrogens with two attached hydrogens (primary N) is 1. The molecule has 6 nitrogen and oxygen atoms in total. The van der Waals surface area contributed by atoms with E-state index in [9.17, 15) is 0 Å². The maximum atomic E-state index is 5.95. The third kappa shape index (κ3) is 4.25. The Balaban J connectivity index is 1.99. The Morgan fingerprint density at radius 2 is 2.10 bits per heavy atom. The first-order valence-corrected chi connectivity index (χ1v) is 7.95. The van der Waals surface area contributed by atoms with E-state index in [1.165, 1.54) is 0 Å². The lowest BCUT2D eigenvalue weighted by Crippen LogP contribution is -2.37. The molecule has 0 aromatic carbocycles. The maximum Gasteiger partial charge on any atom is 0.226 e. The van der Waals surface area contributed by atoms with Gasteiger partial charge in [-0.1, -0.05) is 12.1 Å². The van der Waals surface area contributed by atoms with E-state index in [1.807, 2.05) is 6.92 Å². The van der Waals surface area contributed by atoms with Crippen LogP contribution in [-0.4, -0.2) is 36.5 Å². The van der Waals surface area contributed by atoms with Gasteiger partial charge in [0.1, 0.15) is 5.60 Å². The third-order valence-corrected chi connectivity index (χ3v) is 4.11. The van der Waals surface area contributed by atoms with Crippen molar-refractivity contribution in [3.63, 3.8) is 0 Å². The van der Waals surface area contributed by atoms with Crippen molar-refractivity contribution in [2.75, 3.05) is 26.4 Å². The molecule has 0 spiro atoms. The van der Waals surface area contributed by atoms with E-state index < -0.39 is 5.60 Å². The minimum atomic E-state index is -0.433. The molecule has 21 heavy (non-hydrogen) atoms. The summed E-state index contributed by atoms with van der Waals surface area (Å²) in [6.07, 6.45) is 4.41. The quantitative estimate of drug-likeness (QED) is 0.790. The molecule has 120 valence electrons. The lowest BCUT2D eigenvalue weighted by Gasteiger charge is -2.33. The first-order valence-electron chi connectivity index (χ1n) is 7.95. The van der Waals surface area contributed by atoms with E-state index in [0.717, 1.165) is 38.6 Å². The highest BCUT2D eigenvalue weighted by atomic mass is 16.5. The molecule has 1 unspecified atom stereocenters. The van der Waals surface area contributed by atoms with Gasteiger partial charge in [0.2, 0.25) is 11.7 Å². The number of rotatable bonds is 8. The van der Waals surface area contributed by atoms with Crippen LogP contribution in [0.5, 0.6) is 0 Å². The van der Waals surface area contributed by atoms with Crippen molar-refractivity contribution in [1.29, 1.82) is 0 Å². The number of hydrogen-bond donors (Lipinski definition) is 1. The lowest BCUT2D eigenvalue weighted by atomic mass is 9.93. The number of hydrogen-bond acceptors (Lipinski definition) is 6. The van der Waals surface area contributed by atoms with Crippen LogP contribution in [0.1, 0.15) is 51.2 Å². The molecule has 0 radical (unpaired) electrons. The second-order valence-electron chi connectivity index (χ2n) is 5.77. The van der Waals surface area contributed by atoms with Crippen molar-refractivity contribution in [2.24, 2.45) is 11.7 Å². The van der Waals surface area contributed by atoms with Gasteiger partial charge >= 0.3 is 0 Å². The van der Waals surface area contributed by atoms with Gasteiger partial charge in [-0.25, -0.2) is 0 Å². The van der Waals surface area contributed by atoms with Crippen LogP contribution in [0.3, 0.4) is 0 Å². The minimum Gasteiger partial charge on any atom is -0.381 e. The van der Waals surface area contributed by atoms with Crippen molar-refractivity contribution in [2.45, 2.75) is 51.6 Å². The highest BCUT2D eigenvalue weighted by Gasteiger charge is 2.39. The topological polar surface area (TPSA) is 83.4 Å². The molecule has 1 fully saturated rings. The molecule has 1 aromatic rings. The summed E-state index contributed by atoms with van der Waals surface area (Å²) < 4.78 is 16.8. The average molecular weight is 297 g/mol. The van der Waals surface area contributed by atoms with Crippen molar-refractivity contribution in [3.05, 3.63) is 11.7 Å². The molecular formula is C15H27N3O3. The highest BCUT2D eigenvalue weighted by Crippen LogP contribution is 2.34. The third-order valence-electron chi connectivity index (χ3n) is 4.11. The van der Waals surface area contributed by atoms with E-state index in [-0.39, 0.29) is 0 Å². The Bertz CT molecular complexity index is 411. The molecule has 0 amide bonds. The molecule has 6 heteroatoms. The first kappa shape index (κ1) is 16.4. The first-order chi connectivity index (χ1) is 10.2. The summed E-state index contributed by atoms with van der Waals surface area (Å²) >= 11 is 0. The SMILES string of the molecule is CCOC1(c2noc(CCC(C)CCN)n2)CCOCC1. The largest absolute Gasteiger partial charge is 0.381 e. The minimum absolute atomic E-state index is 0.433. The van der Waals surface area contributed by atoms with Crippen LogP contribution in [0.4, 0.5) is 0 Å². The summed E-state index contributed by atoms with van der Waals surface area (Å²) in [6.45, 7) is 6.91. The smallest absolute Gasteiger partial charge is 0.226 e. The fourth-order valence-corrected chi connectivity index (χ4v) is 2.75. The Kier molecular flexibility index (Phi) is 6.14. The molecule has 2 heterocycles. The predicted octanol–water partition coefficient (Wildman–Crippen LogP) is 2.03. The van der Waals surface area contributed by atoms with Crippen molar-refractivity contribution in [3.8, 4) is 0 Å². The second kappa shape index (κ2) is 7.87. The second-order valence-corrected chi connectivity index (χ2v) is 5.77. The van der Waals surface area contributed by atoms with Crippen LogP contribution >= 0.6 is 0 Å². The molecule has 2 N–H and O–H groups in total. The van der Waals surface area contributed by atoms with Gasteiger partial charge in [-0.3, -0.25) is 0 Å². The summed E-state index contributed by atoms with van der Waals surface area (Å²) in [5.41, 5.74) is 5.14. The molecule has 0 aliphatic carbocycles. The summed E-state index contributed by atoms with van der Waals surface area (Å²) in [6, 6.07) is 0. The van der Waals surface area contributed by atoms with Gasteiger partial charge in [-0.15, -0.1) is 0 Å². The fraction of sp³-hybridized carbons (Fsp3) is 0.867.